The maximum Gasteiger partial charge on any atom is 0.339 e. The van der Waals surface area contributed by atoms with Gasteiger partial charge in [0.15, 0.2) is 5.60 Å². The van der Waals surface area contributed by atoms with Gasteiger partial charge in [0.05, 0.1) is 18.5 Å². The molecular formula is C20H17ClFNO3. The van der Waals surface area contributed by atoms with Gasteiger partial charge in [-0.05, 0) is 31.0 Å². The van der Waals surface area contributed by atoms with Crippen molar-refractivity contribution in [3.63, 3.8) is 0 Å². The van der Waals surface area contributed by atoms with Crippen molar-refractivity contribution in [1.82, 2.24) is 4.90 Å². The first-order chi connectivity index (χ1) is 12.5. The van der Waals surface area contributed by atoms with E-state index in [1.807, 2.05) is 12.1 Å². The van der Waals surface area contributed by atoms with Crippen molar-refractivity contribution in [2.24, 2.45) is 0 Å². The highest BCUT2D eigenvalue weighted by molar-refractivity contribution is 6.31. The molecule has 2 heterocycles. The number of ether oxygens (including phenoxy) is 1. The number of hydrogen-bond acceptors (Lipinski definition) is 3. The van der Waals surface area contributed by atoms with E-state index in [0.717, 1.165) is 5.56 Å². The lowest BCUT2D eigenvalue weighted by molar-refractivity contribution is -0.138. The molecule has 2 aromatic carbocycles. The molecule has 0 N–H and O–H groups in total. The Labute approximate surface area is 155 Å². The lowest BCUT2D eigenvalue weighted by Crippen LogP contribution is -2.49. The number of nitrogens with zero attached hydrogens (tertiary/aromatic N) is 1. The van der Waals surface area contributed by atoms with Crippen LogP contribution in [-0.4, -0.2) is 29.9 Å². The highest BCUT2D eigenvalue weighted by Gasteiger charge is 2.48. The highest BCUT2D eigenvalue weighted by Crippen LogP contribution is 2.42. The molecule has 4 rings (SSSR count). The zero-order valence-corrected chi connectivity index (χ0v) is 14.8. The van der Waals surface area contributed by atoms with Crippen LogP contribution in [0.15, 0.2) is 42.5 Å². The molecule has 1 unspecified atom stereocenters. The molecule has 0 saturated carbocycles. The van der Waals surface area contributed by atoms with E-state index in [9.17, 15) is 14.0 Å². The Kier molecular flexibility index (Phi) is 4.19. The van der Waals surface area contributed by atoms with Gasteiger partial charge in [-0.2, -0.15) is 0 Å². The lowest BCUT2D eigenvalue weighted by atomic mass is 9.85. The van der Waals surface area contributed by atoms with Crippen LogP contribution in [0.4, 0.5) is 4.39 Å². The van der Waals surface area contributed by atoms with Crippen LogP contribution < -0.4 is 0 Å². The third-order valence-corrected chi connectivity index (χ3v) is 5.48. The topological polar surface area (TPSA) is 46.6 Å². The number of amides is 1. The van der Waals surface area contributed by atoms with E-state index >= 15 is 0 Å². The van der Waals surface area contributed by atoms with Crippen molar-refractivity contribution in [3.05, 3.63) is 70.0 Å². The first-order valence-electron chi connectivity index (χ1n) is 8.54. The molecule has 26 heavy (non-hydrogen) atoms. The molecule has 4 nitrogen and oxygen atoms in total. The second kappa shape index (κ2) is 6.40. The number of piperidine rings is 1. The molecule has 0 aromatic heterocycles. The first-order valence-corrected chi connectivity index (χ1v) is 8.91. The lowest BCUT2D eigenvalue weighted by Gasteiger charge is -2.39. The molecule has 6 heteroatoms. The third kappa shape index (κ3) is 2.76. The van der Waals surface area contributed by atoms with Crippen molar-refractivity contribution in [2.75, 3.05) is 13.1 Å². The maximum absolute atomic E-state index is 14.0. The van der Waals surface area contributed by atoms with Crippen molar-refractivity contribution in [1.29, 1.82) is 0 Å². The average molecular weight is 374 g/mol. The van der Waals surface area contributed by atoms with Crippen LogP contribution in [0.25, 0.3) is 0 Å². The second-order valence-electron chi connectivity index (χ2n) is 6.73. The van der Waals surface area contributed by atoms with Gasteiger partial charge in [0.2, 0.25) is 5.91 Å². The summed E-state index contributed by atoms with van der Waals surface area (Å²) in [6, 6.07) is 11.7. The van der Waals surface area contributed by atoms with Crippen LogP contribution >= 0.6 is 11.6 Å². The van der Waals surface area contributed by atoms with Crippen LogP contribution in [-0.2, 0) is 21.6 Å². The Morgan fingerprint density at radius 3 is 2.85 bits per heavy atom. The summed E-state index contributed by atoms with van der Waals surface area (Å²) in [7, 11) is 0. The summed E-state index contributed by atoms with van der Waals surface area (Å²) >= 11 is 6.04. The molecule has 2 aliphatic heterocycles. The van der Waals surface area contributed by atoms with Gasteiger partial charge in [0.1, 0.15) is 5.82 Å². The molecule has 2 aliphatic rings. The van der Waals surface area contributed by atoms with Gasteiger partial charge in [-0.25, -0.2) is 9.18 Å². The normalized spacial score (nSPS) is 21.6. The smallest absolute Gasteiger partial charge is 0.339 e. The molecule has 0 bridgehead atoms. The zero-order valence-electron chi connectivity index (χ0n) is 14.0. The quantitative estimate of drug-likeness (QED) is 0.754. The minimum absolute atomic E-state index is 0.114. The van der Waals surface area contributed by atoms with Crippen LogP contribution in [0, 0.1) is 5.82 Å². The van der Waals surface area contributed by atoms with Gasteiger partial charge in [-0.15, -0.1) is 0 Å². The van der Waals surface area contributed by atoms with Gasteiger partial charge < -0.3 is 9.64 Å². The predicted octanol–water partition coefficient (Wildman–Crippen LogP) is 3.71. The molecule has 2 aromatic rings. The summed E-state index contributed by atoms with van der Waals surface area (Å²) in [5, 5.41) is 0.239. The standard InChI is InChI=1S/C20H17ClFNO3/c21-16-7-3-8-17(22)14(16)11-18(24)23-10-4-9-20(12-23)15-6-2-1-5-13(15)19(25)26-20/h1-3,5-8H,4,9-12H2. The van der Waals surface area contributed by atoms with E-state index in [-0.39, 0.29) is 35.4 Å². The molecule has 0 aliphatic carbocycles. The number of likely N-dealkylation sites (tertiary alicyclic amines) is 1. The minimum Gasteiger partial charge on any atom is -0.449 e. The SMILES string of the molecule is O=C1OC2(CCCN(C(=O)Cc3c(F)cccc3Cl)C2)c2ccccc21. The van der Waals surface area contributed by atoms with Gasteiger partial charge >= 0.3 is 5.97 Å². The van der Waals surface area contributed by atoms with Crippen molar-refractivity contribution in [2.45, 2.75) is 24.9 Å². The summed E-state index contributed by atoms with van der Waals surface area (Å²) in [5.41, 5.74) is 0.772. The van der Waals surface area contributed by atoms with E-state index in [2.05, 4.69) is 0 Å². The van der Waals surface area contributed by atoms with Crippen LogP contribution in [0.3, 0.4) is 0 Å². The van der Waals surface area contributed by atoms with Crippen molar-refractivity contribution >= 4 is 23.5 Å². The number of carbonyl (C=O) groups excluding carboxylic acids is 2. The van der Waals surface area contributed by atoms with Gasteiger partial charge in [-0.3, -0.25) is 4.79 Å². The Balaban J connectivity index is 1.58. The van der Waals surface area contributed by atoms with E-state index in [1.165, 1.54) is 12.1 Å². The first kappa shape index (κ1) is 17.0. The molecule has 1 atom stereocenters. The van der Waals surface area contributed by atoms with Crippen molar-refractivity contribution < 1.29 is 18.7 Å². The third-order valence-electron chi connectivity index (χ3n) is 5.12. The Bertz CT molecular complexity index is 880. The molecule has 1 amide bonds. The monoisotopic (exact) mass is 373 g/mol. The number of esters is 1. The number of halogens is 2. The number of hydrogen-bond donors (Lipinski definition) is 0. The molecule has 1 spiro atoms. The van der Waals surface area contributed by atoms with E-state index in [0.29, 0.717) is 24.9 Å². The fourth-order valence-electron chi connectivity index (χ4n) is 3.85. The molecule has 1 saturated heterocycles. The number of rotatable bonds is 2. The fraction of sp³-hybridized carbons (Fsp3) is 0.300. The summed E-state index contributed by atoms with van der Waals surface area (Å²) in [6.45, 7) is 0.826. The fourth-order valence-corrected chi connectivity index (χ4v) is 4.08. The van der Waals surface area contributed by atoms with Crippen molar-refractivity contribution in [3.8, 4) is 0 Å². The molecule has 134 valence electrons. The summed E-state index contributed by atoms with van der Waals surface area (Å²) in [4.78, 5) is 26.6. The van der Waals surface area contributed by atoms with Gasteiger partial charge in [0.25, 0.3) is 0 Å². The minimum atomic E-state index is -0.805. The second-order valence-corrected chi connectivity index (χ2v) is 7.13. The Morgan fingerprint density at radius 2 is 2.04 bits per heavy atom. The number of fused-ring (bicyclic) bond motifs is 2. The number of carbonyl (C=O) groups is 2. The largest absolute Gasteiger partial charge is 0.449 e. The van der Waals surface area contributed by atoms with E-state index in [4.69, 9.17) is 16.3 Å². The molecule has 0 radical (unpaired) electrons. The average Bonchev–Trinajstić information content (AvgIpc) is 2.90. The van der Waals surface area contributed by atoms with Crippen LogP contribution in [0.5, 0.6) is 0 Å². The molecule has 1 fully saturated rings. The zero-order chi connectivity index (χ0) is 18.3. The Hall–Kier alpha value is -2.40. The summed E-state index contributed by atoms with van der Waals surface area (Å²) in [5.74, 6) is -1.07. The predicted molar refractivity (Wildman–Crippen MR) is 94.5 cm³/mol. The Morgan fingerprint density at radius 1 is 1.23 bits per heavy atom. The van der Waals surface area contributed by atoms with E-state index < -0.39 is 11.4 Å². The van der Waals surface area contributed by atoms with Crippen LogP contribution in [0.1, 0.15) is 34.3 Å². The number of benzene rings is 2. The van der Waals surface area contributed by atoms with Gasteiger partial charge in [-0.1, -0.05) is 35.9 Å². The maximum atomic E-state index is 14.0. The van der Waals surface area contributed by atoms with E-state index in [1.54, 1.807) is 23.1 Å². The van der Waals surface area contributed by atoms with Crippen LogP contribution in [0.2, 0.25) is 5.02 Å². The van der Waals surface area contributed by atoms with Gasteiger partial charge in [0, 0.05) is 22.7 Å². The molecular weight excluding hydrogens is 357 g/mol. The summed E-state index contributed by atoms with van der Waals surface area (Å²) < 4.78 is 19.7. The highest BCUT2D eigenvalue weighted by atomic mass is 35.5. The summed E-state index contributed by atoms with van der Waals surface area (Å²) in [6.07, 6.45) is 1.26.